The van der Waals surface area contributed by atoms with Crippen LogP contribution in [-0.4, -0.2) is 18.1 Å². The Morgan fingerprint density at radius 2 is 2.11 bits per heavy atom. The number of benzene rings is 1. The number of rotatable bonds is 3. The van der Waals surface area contributed by atoms with E-state index >= 15 is 0 Å². The number of aryl methyl sites for hydroxylation is 1. The van der Waals surface area contributed by atoms with E-state index in [1.165, 1.54) is 5.56 Å². The zero-order valence-corrected chi connectivity index (χ0v) is 11.1. The third-order valence-corrected chi connectivity index (χ3v) is 4.05. The van der Waals surface area contributed by atoms with Crippen molar-refractivity contribution in [2.24, 2.45) is 0 Å². The van der Waals surface area contributed by atoms with Crippen molar-refractivity contribution < 1.29 is 4.79 Å². The van der Waals surface area contributed by atoms with Crippen molar-refractivity contribution in [2.45, 2.75) is 44.2 Å². The summed E-state index contributed by atoms with van der Waals surface area (Å²) in [5.41, 5.74) is 2.37. The Morgan fingerprint density at radius 1 is 1.33 bits per heavy atom. The first-order valence-corrected chi connectivity index (χ1v) is 6.84. The summed E-state index contributed by atoms with van der Waals surface area (Å²) in [4.78, 5) is 11.6. The van der Waals surface area contributed by atoms with E-state index in [1.54, 1.807) is 0 Å². The maximum absolute atomic E-state index is 11.6. The molecule has 2 aliphatic rings. The maximum atomic E-state index is 11.6. The van der Waals surface area contributed by atoms with Crippen LogP contribution >= 0.6 is 11.6 Å². The first-order valence-electron chi connectivity index (χ1n) is 6.46. The molecule has 1 aromatic rings. The highest BCUT2D eigenvalue weighted by atomic mass is 35.5. The molecule has 4 heteroatoms. The molecule has 3 rings (SSSR count). The quantitative estimate of drug-likeness (QED) is 0.866. The molecule has 2 N–H and O–H groups in total. The molecule has 0 radical (unpaired) electrons. The number of carbonyl (C=O) groups excluding carboxylic acids is 1. The molecule has 2 saturated carbocycles. The number of carbonyl (C=O) groups is 1. The normalized spacial score (nSPS) is 25.7. The standard InChI is InChI=1S/C14H17ClN2O/c1-8-6-9(2-5-12(8)15)11-7-13(11)17-14(18)16-10-3-4-10/h2,5-6,10-11,13H,3-4,7H2,1H3,(H2,16,17,18)/t11-,13+/m0/s1. The van der Waals surface area contributed by atoms with E-state index < -0.39 is 0 Å². The highest BCUT2D eigenvalue weighted by Crippen LogP contribution is 2.41. The molecule has 2 aliphatic carbocycles. The second-order valence-electron chi connectivity index (χ2n) is 5.35. The molecule has 0 bridgehead atoms. The van der Waals surface area contributed by atoms with Crippen LogP contribution in [0.3, 0.4) is 0 Å². The Labute approximate surface area is 112 Å². The first kappa shape index (κ1) is 11.8. The van der Waals surface area contributed by atoms with Gasteiger partial charge in [-0.3, -0.25) is 0 Å². The molecule has 2 fully saturated rings. The second-order valence-corrected chi connectivity index (χ2v) is 5.76. The predicted molar refractivity (Wildman–Crippen MR) is 72.0 cm³/mol. The van der Waals surface area contributed by atoms with E-state index in [2.05, 4.69) is 22.8 Å². The monoisotopic (exact) mass is 264 g/mol. The van der Waals surface area contributed by atoms with Gasteiger partial charge in [-0.15, -0.1) is 0 Å². The van der Waals surface area contributed by atoms with Gasteiger partial charge < -0.3 is 10.6 Å². The molecule has 0 aromatic heterocycles. The smallest absolute Gasteiger partial charge is 0.315 e. The molecule has 2 amide bonds. The average molecular weight is 265 g/mol. The van der Waals surface area contributed by atoms with Gasteiger partial charge in [0.1, 0.15) is 0 Å². The van der Waals surface area contributed by atoms with E-state index in [0.29, 0.717) is 12.0 Å². The Kier molecular flexibility index (Phi) is 2.94. The molecule has 3 nitrogen and oxygen atoms in total. The van der Waals surface area contributed by atoms with Crippen molar-refractivity contribution in [3.05, 3.63) is 34.3 Å². The van der Waals surface area contributed by atoms with Crippen LogP contribution in [0.2, 0.25) is 5.02 Å². The number of amides is 2. The molecule has 2 atom stereocenters. The Hall–Kier alpha value is -1.22. The fourth-order valence-corrected chi connectivity index (χ4v) is 2.36. The lowest BCUT2D eigenvalue weighted by Gasteiger charge is -2.07. The number of hydrogen-bond acceptors (Lipinski definition) is 1. The van der Waals surface area contributed by atoms with Gasteiger partial charge in [-0.1, -0.05) is 23.7 Å². The largest absolute Gasteiger partial charge is 0.335 e. The van der Waals surface area contributed by atoms with Gasteiger partial charge in [0.15, 0.2) is 0 Å². The van der Waals surface area contributed by atoms with E-state index in [1.807, 2.05) is 13.0 Å². The van der Waals surface area contributed by atoms with Crippen molar-refractivity contribution in [1.82, 2.24) is 10.6 Å². The van der Waals surface area contributed by atoms with Gasteiger partial charge in [0.05, 0.1) is 0 Å². The van der Waals surface area contributed by atoms with Crippen molar-refractivity contribution >= 4 is 17.6 Å². The van der Waals surface area contributed by atoms with Crippen LogP contribution < -0.4 is 10.6 Å². The zero-order chi connectivity index (χ0) is 12.7. The number of halogens is 1. The molecule has 0 aliphatic heterocycles. The highest BCUT2D eigenvalue weighted by Gasteiger charge is 2.40. The van der Waals surface area contributed by atoms with Gasteiger partial charge in [-0.2, -0.15) is 0 Å². The first-order chi connectivity index (χ1) is 8.63. The Bertz CT molecular complexity index is 485. The second kappa shape index (κ2) is 4.47. The Morgan fingerprint density at radius 3 is 2.78 bits per heavy atom. The third kappa shape index (κ3) is 2.61. The summed E-state index contributed by atoms with van der Waals surface area (Å²) in [6, 6.07) is 6.79. The van der Waals surface area contributed by atoms with Crippen LogP contribution in [0.4, 0.5) is 4.79 Å². The van der Waals surface area contributed by atoms with Crippen LogP contribution in [0.5, 0.6) is 0 Å². The predicted octanol–water partition coefficient (Wildman–Crippen LogP) is 2.97. The highest BCUT2D eigenvalue weighted by molar-refractivity contribution is 6.31. The summed E-state index contributed by atoms with van der Waals surface area (Å²) in [5.74, 6) is 0.450. The van der Waals surface area contributed by atoms with Crippen molar-refractivity contribution in [2.75, 3.05) is 0 Å². The third-order valence-electron chi connectivity index (χ3n) is 3.63. The van der Waals surface area contributed by atoms with Crippen LogP contribution in [0.15, 0.2) is 18.2 Å². The van der Waals surface area contributed by atoms with Crippen LogP contribution in [0.1, 0.15) is 36.3 Å². The van der Waals surface area contributed by atoms with E-state index in [9.17, 15) is 4.79 Å². The minimum absolute atomic E-state index is 0.0179. The van der Waals surface area contributed by atoms with Crippen LogP contribution in [-0.2, 0) is 0 Å². The molecule has 0 spiro atoms. The summed E-state index contributed by atoms with van der Waals surface area (Å²) in [6.45, 7) is 2.01. The fraction of sp³-hybridized carbons (Fsp3) is 0.500. The maximum Gasteiger partial charge on any atom is 0.315 e. The topological polar surface area (TPSA) is 41.1 Å². The molecule has 0 heterocycles. The van der Waals surface area contributed by atoms with E-state index in [-0.39, 0.29) is 12.1 Å². The number of nitrogens with one attached hydrogen (secondary N) is 2. The van der Waals surface area contributed by atoms with E-state index in [4.69, 9.17) is 11.6 Å². The average Bonchev–Trinajstić information content (AvgIpc) is 3.20. The van der Waals surface area contributed by atoms with Gasteiger partial charge in [0.25, 0.3) is 0 Å². The van der Waals surface area contributed by atoms with Gasteiger partial charge in [0.2, 0.25) is 0 Å². The molecular formula is C14H17ClN2O. The fourth-order valence-electron chi connectivity index (χ4n) is 2.24. The summed E-state index contributed by atoms with van der Waals surface area (Å²) in [5, 5.41) is 6.77. The minimum Gasteiger partial charge on any atom is -0.335 e. The number of hydrogen-bond donors (Lipinski definition) is 2. The lowest BCUT2D eigenvalue weighted by molar-refractivity contribution is 0.240. The Balaban J connectivity index is 1.56. The van der Waals surface area contributed by atoms with Crippen LogP contribution in [0.25, 0.3) is 0 Å². The van der Waals surface area contributed by atoms with Gasteiger partial charge in [-0.05, 0) is 43.4 Å². The van der Waals surface area contributed by atoms with Gasteiger partial charge in [0, 0.05) is 23.0 Å². The summed E-state index contributed by atoms with van der Waals surface area (Å²) < 4.78 is 0. The molecule has 1 aromatic carbocycles. The van der Waals surface area contributed by atoms with Crippen LogP contribution in [0, 0.1) is 6.92 Å². The van der Waals surface area contributed by atoms with Crippen molar-refractivity contribution in [3.63, 3.8) is 0 Å². The molecular weight excluding hydrogens is 248 g/mol. The molecule has 18 heavy (non-hydrogen) atoms. The van der Waals surface area contributed by atoms with E-state index in [0.717, 1.165) is 29.8 Å². The summed E-state index contributed by atoms with van der Waals surface area (Å²) in [7, 11) is 0. The summed E-state index contributed by atoms with van der Waals surface area (Å²) >= 11 is 6.01. The molecule has 96 valence electrons. The van der Waals surface area contributed by atoms with Crippen molar-refractivity contribution in [3.8, 4) is 0 Å². The number of urea groups is 1. The zero-order valence-electron chi connectivity index (χ0n) is 10.4. The minimum atomic E-state index is -0.0179. The van der Waals surface area contributed by atoms with Gasteiger partial charge >= 0.3 is 6.03 Å². The summed E-state index contributed by atoms with van der Waals surface area (Å²) in [6.07, 6.45) is 3.27. The molecule has 0 unspecified atom stereocenters. The van der Waals surface area contributed by atoms with Crippen molar-refractivity contribution in [1.29, 1.82) is 0 Å². The SMILES string of the molecule is Cc1cc([C@@H]2C[C@H]2NC(=O)NC2CC2)ccc1Cl. The lowest BCUT2D eigenvalue weighted by atomic mass is 10.1. The van der Waals surface area contributed by atoms with Gasteiger partial charge in [-0.25, -0.2) is 4.79 Å². The lowest BCUT2D eigenvalue weighted by Crippen LogP contribution is -2.38. The molecule has 0 saturated heterocycles.